The molecule has 1 amide bonds. The quantitative estimate of drug-likeness (QED) is 0.724. The highest BCUT2D eigenvalue weighted by Crippen LogP contribution is 2.13. The Morgan fingerprint density at radius 3 is 2.33 bits per heavy atom. The van der Waals surface area contributed by atoms with E-state index in [2.05, 4.69) is 17.2 Å². The topological polar surface area (TPSA) is 75.3 Å². The SMILES string of the molecule is CCCCC(CC)C(=O)NNS(=O)(=O)c1ccc(C)cc1. The van der Waals surface area contributed by atoms with Gasteiger partial charge in [0.25, 0.3) is 10.0 Å². The number of carbonyl (C=O) groups excluding carboxylic acids is 1. The molecule has 1 aromatic rings. The van der Waals surface area contributed by atoms with Crippen LogP contribution >= 0.6 is 0 Å². The molecule has 0 bridgehead atoms. The van der Waals surface area contributed by atoms with Gasteiger partial charge >= 0.3 is 0 Å². The van der Waals surface area contributed by atoms with E-state index in [9.17, 15) is 13.2 Å². The lowest BCUT2D eigenvalue weighted by atomic mass is 9.99. The van der Waals surface area contributed by atoms with Gasteiger partial charge in [0, 0.05) is 5.92 Å². The molecule has 6 heteroatoms. The normalized spacial score (nSPS) is 12.9. The summed E-state index contributed by atoms with van der Waals surface area (Å²) in [6, 6.07) is 6.45. The van der Waals surface area contributed by atoms with Gasteiger partial charge in [0.15, 0.2) is 0 Å². The zero-order chi connectivity index (χ0) is 15.9. The molecule has 0 aliphatic carbocycles. The molecule has 0 fully saturated rings. The molecule has 0 aliphatic heterocycles. The summed E-state index contributed by atoms with van der Waals surface area (Å²) in [5, 5.41) is 0. The molecule has 0 radical (unpaired) electrons. The van der Waals surface area contributed by atoms with Crippen LogP contribution in [-0.2, 0) is 14.8 Å². The van der Waals surface area contributed by atoms with Crippen LogP contribution < -0.4 is 10.3 Å². The maximum atomic E-state index is 12.0. The minimum atomic E-state index is -3.72. The summed E-state index contributed by atoms with van der Waals surface area (Å²) >= 11 is 0. The van der Waals surface area contributed by atoms with Gasteiger partial charge in [-0.1, -0.05) is 44.4 Å². The number of unbranched alkanes of at least 4 members (excludes halogenated alkanes) is 1. The summed E-state index contributed by atoms with van der Waals surface area (Å²) in [7, 11) is -3.72. The number of benzene rings is 1. The molecule has 0 aliphatic rings. The summed E-state index contributed by atoms with van der Waals surface area (Å²) in [4.78, 5) is 14.3. The summed E-state index contributed by atoms with van der Waals surface area (Å²) in [5.74, 6) is -0.438. The van der Waals surface area contributed by atoms with Gasteiger partial charge in [0.2, 0.25) is 5.91 Å². The summed E-state index contributed by atoms with van der Waals surface area (Å²) in [6.07, 6.45) is 3.43. The third-order valence-electron chi connectivity index (χ3n) is 3.41. The van der Waals surface area contributed by atoms with Crippen molar-refractivity contribution in [2.24, 2.45) is 5.92 Å². The summed E-state index contributed by atoms with van der Waals surface area (Å²) in [5.41, 5.74) is 3.29. The molecule has 0 spiro atoms. The van der Waals surface area contributed by atoms with Gasteiger partial charge in [-0.15, -0.1) is 4.83 Å². The van der Waals surface area contributed by atoms with Crippen LogP contribution in [0.2, 0.25) is 0 Å². The van der Waals surface area contributed by atoms with E-state index in [-0.39, 0.29) is 16.7 Å². The number of aryl methyl sites for hydroxylation is 1. The lowest BCUT2D eigenvalue weighted by molar-refractivity contribution is -0.125. The van der Waals surface area contributed by atoms with E-state index in [4.69, 9.17) is 0 Å². The van der Waals surface area contributed by atoms with Gasteiger partial charge in [0.05, 0.1) is 4.90 Å². The molecule has 1 unspecified atom stereocenters. The van der Waals surface area contributed by atoms with Crippen molar-refractivity contribution in [1.29, 1.82) is 0 Å². The van der Waals surface area contributed by atoms with Crippen LogP contribution in [0.5, 0.6) is 0 Å². The second-order valence-electron chi connectivity index (χ2n) is 5.16. The molecule has 5 nitrogen and oxygen atoms in total. The second kappa shape index (κ2) is 8.14. The number of amides is 1. The zero-order valence-electron chi connectivity index (χ0n) is 12.8. The number of nitrogens with one attached hydrogen (secondary N) is 2. The van der Waals surface area contributed by atoms with Crippen LogP contribution in [0.3, 0.4) is 0 Å². The maximum absolute atomic E-state index is 12.0. The molecular formula is C15H24N2O3S. The average molecular weight is 312 g/mol. The van der Waals surface area contributed by atoms with Crippen molar-refractivity contribution in [2.75, 3.05) is 0 Å². The van der Waals surface area contributed by atoms with Crippen molar-refractivity contribution in [3.05, 3.63) is 29.8 Å². The minimum Gasteiger partial charge on any atom is -0.277 e. The van der Waals surface area contributed by atoms with E-state index < -0.39 is 10.0 Å². The van der Waals surface area contributed by atoms with E-state index in [0.717, 1.165) is 24.8 Å². The van der Waals surface area contributed by atoms with Crippen LogP contribution in [0.15, 0.2) is 29.2 Å². The van der Waals surface area contributed by atoms with Gasteiger partial charge in [0.1, 0.15) is 0 Å². The Morgan fingerprint density at radius 1 is 1.19 bits per heavy atom. The Kier molecular flexibility index (Phi) is 6.84. The van der Waals surface area contributed by atoms with E-state index in [0.29, 0.717) is 6.42 Å². The first kappa shape index (κ1) is 17.7. The van der Waals surface area contributed by atoms with Crippen LogP contribution in [0.4, 0.5) is 0 Å². The first-order valence-corrected chi connectivity index (χ1v) is 8.77. The largest absolute Gasteiger partial charge is 0.277 e. The predicted molar refractivity (Wildman–Crippen MR) is 82.9 cm³/mol. The fraction of sp³-hybridized carbons (Fsp3) is 0.533. The molecule has 1 rings (SSSR count). The van der Waals surface area contributed by atoms with Gasteiger partial charge in [-0.25, -0.2) is 8.42 Å². The second-order valence-corrected chi connectivity index (χ2v) is 6.84. The minimum absolute atomic E-state index is 0.134. The molecular weight excluding hydrogens is 288 g/mol. The molecule has 118 valence electrons. The Morgan fingerprint density at radius 2 is 1.81 bits per heavy atom. The van der Waals surface area contributed by atoms with Gasteiger partial charge < -0.3 is 0 Å². The van der Waals surface area contributed by atoms with Crippen molar-refractivity contribution in [3.63, 3.8) is 0 Å². The fourth-order valence-corrected chi connectivity index (χ4v) is 2.81. The molecule has 21 heavy (non-hydrogen) atoms. The van der Waals surface area contributed by atoms with E-state index >= 15 is 0 Å². The first-order valence-electron chi connectivity index (χ1n) is 7.29. The van der Waals surface area contributed by atoms with Crippen molar-refractivity contribution in [1.82, 2.24) is 10.3 Å². The highest BCUT2D eigenvalue weighted by Gasteiger charge is 2.19. The van der Waals surface area contributed by atoms with Crippen LogP contribution in [-0.4, -0.2) is 14.3 Å². The Balaban J connectivity index is 2.64. The molecule has 0 heterocycles. The van der Waals surface area contributed by atoms with E-state index in [1.807, 2.05) is 13.8 Å². The molecule has 1 aromatic carbocycles. The van der Waals surface area contributed by atoms with Crippen molar-refractivity contribution in [2.45, 2.75) is 51.3 Å². The Labute approximate surface area is 127 Å². The maximum Gasteiger partial charge on any atom is 0.257 e. The number of hydrazine groups is 1. The molecule has 1 atom stereocenters. The highest BCUT2D eigenvalue weighted by molar-refractivity contribution is 7.89. The Hall–Kier alpha value is -1.40. The number of hydrogen-bond donors (Lipinski definition) is 2. The van der Waals surface area contributed by atoms with Crippen molar-refractivity contribution >= 4 is 15.9 Å². The zero-order valence-corrected chi connectivity index (χ0v) is 13.7. The lowest BCUT2D eigenvalue weighted by Gasteiger charge is -2.15. The Bertz CT molecular complexity index is 553. The lowest BCUT2D eigenvalue weighted by Crippen LogP contribution is -2.44. The van der Waals surface area contributed by atoms with E-state index in [1.54, 1.807) is 12.1 Å². The fourth-order valence-electron chi connectivity index (χ4n) is 1.97. The monoisotopic (exact) mass is 312 g/mol. The van der Waals surface area contributed by atoms with Crippen LogP contribution in [0.25, 0.3) is 0 Å². The number of sulfonamides is 1. The van der Waals surface area contributed by atoms with Gasteiger partial charge in [-0.3, -0.25) is 10.2 Å². The molecule has 0 saturated heterocycles. The average Bonchev–Trinajstić information content (AvgIpc) is 2.46. The van der Waals surface area contributed by atoms with Crippen molar-refractivity contribution in [3.8, 4) is 0 Å². The predicted octanol–water partition coefficient (Wildman–Crippen LogP) is 2.52. The number of carbonyl (C=O) groups is 1. The van der Waals surface area contributed by atoms with Gasteiger partial charge in [-0.05, 0) is 31.9 Å². The molecule has 0 aromatic heterocycles. The van der Waals surface area contributed by atoms with Crippen LogP contribution in [0, 0.1) is 12.8 Å². The number of hydrogen-bond acceptors (Lipinski definition) is 3. The standard InChI is InChI=1S/C15H24N2O3S/c1-4-6-7-13(5-2)15(18)16-17-21(19,20)14-10-8-12(3)9-11-14/h8-11,13,17H,4-7H2,1-3H3,(H,16,18). The van der Waals surface area contributed by atoms with Gasteiger partial charge in [-0.2, -0.15) is 0 Å². The van der Waals surface area contributed by atoms with Crippen LogP contribution in [0.1, 0.15) is 45.1 Å². The molecule has 2 N–H and O–H groups in total. The number of rotatable bonds is 8. The third-order valence-corrected chi connectivity index (χ3v) is 4.67. The summed E-state index contributed by atoms with van der Waals surface area (Å²) in [6.45, 7) is 5.87. The van der Waals surface area contributed by atoms with E-state index in [1.165, 1.54) is 12.1 Å². The first-order chi connectivity index (χ1) is 9.90. The highest BCUT2D eigenvalue weighted by atomic mass is 32.2. The molecule has 0 saturated carbocycles. The smallest absolute Gasteiger partial charge is 0.257 e. The summed E-state index contributed by atoms with van der Waals surface area (Å²) < 4.78 is 24.1. The van der Waals surface area contributed by atoms with Crippen molar-refractivity contribution < 1.29 is 13.2 Å². The third kappa shape index (κ3) is 5.47.